The summed E-state index contributed by atoms with van der Waals surface area (Å²) in [5.41, 5.74) is 0.104. The highest BCUT2D eigenvalue weighted by Gasteiger charge is 2.18. The number of rotatable bonds is 5. The minimum atomic E-state index is -0.395. The molecule has 150 valence electrons. The molecule has 9 heteroatoms. The van der Waals surface area contributed by atoms with E-state index in [2.05, 4.69) is 32.2 Å². The maximum absolute atomic E-state index is 12.5. The second-order valence-corrected chi connectivity index (χ2v) is 7.17. The smallest absolute Gasteiger partial charge is 0.267 e. The van der Waals surface area contributed by atoms with E-state index in [-0.39, 0.29) is 12.1 Å². The predicted molar refractivity (Wildman–Crippen MR) is 107 cm³/mol. The van der Waals surface area contributed by atoms with Crippen molar-refractivity contribution in [2.24, 2.45) is 5.92 Å². The molecular weight excluding hydrogens is 372 g/mol. The molecule has 9 nitrogen and oxygen atoms in total. The van der Waals surface area contributed by atoms with Crippen LogP contribution in [0.1, 0.15) is 19.8 Å². The van der Waals surface area contributed by atoms with Gasteiger partial charge in [-0.05, 0) is 37.0 Å². The van der Waals surface area contributed by atoms with Crippen LogP contribution in [-0.4, -0.2) is 38.7 Å². The van der Waals surface area contributed by atoms with E-state index in [1.54, 1.807) is 24.3 Å². The average Bonchev–Trinajstić information content (AvgIpc) is 3.25. The number of hydrogen-bond donors (Lipinski definition) is 1. The lowest BCUT2D eigenvalue weighted by Crippen LogP contribution is -2.33. The first-order valence-corrected chi connectivity index (χ1v) is 9.57. The monoisotopic (exact) mass is 394 g/mol. The van der Waals surface area contributed by atoms with Crippen LogP contribution in [0.4, 0.5) is 11.6 Å². The third-order valence-corrected chi connectivity index (χ3v) is 4.96. The number of anilines is 2. The lowest BCUT2D eigenvalue weighted by atomic mass is 9.99. The van der Waals surface area contributed by atoms with Gasteiger partial charge >= 0.3 is 0 Å². The Labute approximate surface area is 167 Å². The lowest BCUT2D eigenvalue weighted by molar-refractivity contribution is -0.117. The number of amides is 1. The number of aromatic nitrogens is 4. The summed E-state index contributed by atoms with van der Waals surface area (Å²) in [7, 11) is 0. The average molecular weight is 394 g/mol. The molecule has 1 aliphatic rings. The van der Waals surface area contributed by atoms with Crippen molar-refractivity contribution in [2.45, 2.75) is 26.3 Å². The Morgan fingerprint density at radius 3 is 2.83 bits per heavy atom. The first kappa shape index (κ1) is 18.9. The second kappa shape index (κ2) is 8.26. The number of piperidine rings is 1. The fourth-order valence-electron chi connectivity index (χ4n) is 3.26. The van der Waals surface area contributed by atoms with Gasteiger partial charge in [-0.1, -0.05) is 6.92 Å². The molecule has 1 amide bonds. The fourth-order valence-corrected chi connectivity index (χ4v) is 3.26. The number of nitrogens with one attached hydrogen (secondary N) is 1. The Balaban J connectivity index is 1.44. The first-order valence-electron chi connectivity index (χ1n) is 9.57. The molecule has 1 saturated heterocycles. The van der Waals surface area contributed by atoms with Crippen LogP contribution in [0, 0.1) is 5.92 Å². The summed E-state index contributed by atoms with van der Waals surface area (Å²) < 4.78 is 6.39. The summed E-state index contributed by atoms with van der Waals surface area (Å²) in [6.45, 7) is 3.89. The molecule has 0 unspecified atom stereocenters. The number of carbonyl (C=O) groups excluding carboxylic acids is 1. The van der Waals surface area contributed by atoms with E-state index in [4.69, 9.17) is 4.42 Å². The van der Waals surface area contributed by atoms with Gasteiger partial charge in [0.2, 0.25) is 5.91 Å². The summed E-state index contributed by atoms with van der Waals surface area (Å²) in [6, 6.07) is 8.14. The van der Waals surface area contributed by atoms with E-state index in [0.29, 0.717) is 17.3 Å². The Morgan fingerprint density at radius 1 is 1.24 bits per heavy atom. The van der Waals surface area contributed by atoms with Crippen LogP contribution in [0.25, 0.3) is 11.5 Å². The summed E-state index contributed by atoms with van der Waals surface area (Å²) >= 11 is 0. The zero-order chi connectivity index (χ0) is 20.2. The van der Waals surface area contributed by atoms with Crippen molar-refractivity contribution >= 4 is 17.5 Å². The van der Waals surface area contributed by atoms with Crippen LogP contribution in [0.3, 0.4) is 0 Å². The fraction of sp³-hybridized carbons (Fsp3) is 0.350. The van der Waals surface area contributed by atoms with Crippen molar-refractivity contribution in [3.05, 3.63) is 53.3 Å². The Bertz CT molecular complexity index is 1040. The van der Waals surface area contributed by atoms with Crippen LogP contribution >= 0.6 is 0 Å². The van der Waals surface area contributed by atoms with Gasteiger partial charge in [0.05, 0.1) is 6.26 Å². The quantitative estimate of drug-likeness (QED) is 0.707. The van der Waals surface area contributed by atoms with Gasteiger partial charge in [0.25, 0.3) is 5.56 Å². The molecule has 0 atom stereocenters. The lowest BCUT2D eigenvalue weighted by Gasteiger charge is -2.31. The highest BCUT2D eigenvalue weighted by Crippen LogP contribution is 2.22. The van der Waals surface area contributed by atoms with Gasteiger partial charge in [-0.15, -0.1) is 0 Å². The van der Waals surface area contributed by atoms with Gasteiger partial charge < -0.3 is 14.6 Å². The Hall–Kier alpha value is -3.49. The van der Waals surface area contributed by atoms with Crippen LogP contribution in [0.2, 0.25) is 0 Å². The van der Waals surface area contributed by atoms with E-state index in [0.717, 1.165) is 42.3 Å². The SMILES string of the molecule is CC1CCN(c2cc(NC(=O)Cn3nc(-c4ccco4)ccc3=O)ncn2)CC1. The zero-order valence-electron chi connectivity index (χ0n) is 16.1. The maximum atomic E-state index is 12.5. The minimum absolute atomic E-state index is 0.228. The van der Waals surface area contributed by atoms with E-state index < -0.39 is 5.91 Å². The standard InChI is InChI=1S/C20H22N6O3/c1-14-6-8-25(9-7-14)18-11-17(21-13-22-18)23-19(27)12-26-20(28)5-4-15(24-26)16-3-2-10-29-16/h2-5,10-11,13-14H,6-9,12H2,1H3,(H,21,22,23,27). The predicted octanol–water partition coefficient (Wildman–Crippen LogP) is 2.17. The second-order valence-electron chi connectivity index (χ2n) is 7.17. The van der Waals surface area contributed by atoms with Crippen LogP contribution in [0.15, 0.2) is 52.1 Å². The van der Waals surface area contributed by atoms with Crippen molar-refractivity contribution in [2.75, 3.05) is 23.3 Å². The molecule has 0 bridgehead atoms. The zero-order valence-corrected chi connectivity index (χ0v) is 16.1. The van der Waals surface area contributed by atoms with E-state index >= 15 is 0 Å². The first-order chi connectivity index (χ1) is 14.1. The topological polar surface area (TPSA) is 106 Å². The highest BCUT2D eigenvalue weighted by molar-refractivity contribution is 5.89. The van der Waals surface area contributed by atoms with Gasteiger partial charge in [-0.25, -0.2) is 14.6 Å². The van der Waals surface area contributed by atoms with Crippen molar-refractivity contribution in [3.8, 4) is 11.5 Å². The molecule has 0 saturated carbocycles. The summed E-state index contributed by atoms with van der Waals surface area (Å²) in [4.78, 5) is 35.2. The molecule has 0 radical (unpaired) electrons. The van der Waals surface area contributed by atoms with Gasteiger partial charge in [-0.3, -0.25) is 9.59 Å². The van der Waals surface area contributed by atoms with Crippen molar-refractivity contribution < 1.29 is 9.21 Å². The molecule has 3 aromatic rings. The summed E-state index contributed by atoms with van der Waals surface area (Å²) in [6.07, 6.45) is 5.19. The molecule has 0 aliphatic carbocycles. The normalized spacial score (nSPS) is 14.7. The maximum Gasteiger partial charge on any atom is 0.267 e. The molecule has 1 fully saturated rings. The van der Waals surface area contributed by atoms with E-state index in [1.165, 1.54) is 18.7 Å². The van der Waals surface area contributed by atoms with Crippen molar-refractivity contribution in [3.63, 3.8) is 0 Å². The molecule has 0 aromatic carbocycles. The van der Waals surface area contributed by atoms with Crippen molar-refractivity contribution in [1.82, 2.24) is 19.7 Å². The molecule has 29 heavy (non-hydrogen) atoms. The molecule has 0 spiro atoms. The van der Waals surface area contributed by atoms with Gasteiger partial charge in [0.15, 0.2) is 5.76 Å². The summed E-state index contributed by atoms with van der Waals surface area (Å²) in [5.74, 6) is 2.03. The molecule has 1 N–H and O–H groups in total. The van der Waals surface area contributed by atoms with E-state index in [9.17, 15) is 9.59 Å². The van der Waals surface area contributed by atoms with E-state index in [1.807, 2.05) is 0 Å². The third-order valence-electron chi connectivity index (χ3n) is 4.96. The van der Waals surface area contributed by atoms with Crippen LogP contribution < -0.4 is 15.8 Å². The van der Waals surface area contributed by atoms with Gasteiger partial charge in [-0.2, -0.15) is 5.10 Å². The van der Waals surface area contributed by atoms with Gasteiger partial charge in [0.1, 0.15) is 30.2 Å². The van der Waals surface area contributed by atoms with Crippen molar-refractivity contribution in [1.29, 1.82) is 0 Å². The summed E-state index contributed by atoms with van der Waals surface area (Å²) in [5, 5.41) is 6.92. The Kier molecular flexibility index (Phi) is 5.37. The van der Waals surface area contributed by atoms with Crippen LogP contribution in [-0.2, 0) is 11.3 Å². The number of hydrogen-bond acceptors (Lipinski definition) is 7. The molecule has 3 aromatic heterocycles. The number of furan rings is 1. The highest BCUT2D eigenvalue weighted by atomic mass is 16.3. The molecule has 1 aliphatic heterocycles. The molecule has 4 rings (SSSR count). The minimum Gasteiger partial charge on any atom is -0.463 e. The van der Waals surface area contributed by atoms with Crippen LogP contribution in [0.5, 0.6) is 0 Å². The molecule has 4 heterocycles. The largest absolute Gasteiger partial charge is 0.463 e. The number of nitrogens with zero attached hydrogens (tertiary/aromatic N) is 5. The third kappa shape index (κ3) is 4.50. The molecular formula is C20H22N6O3. The Morgan fingerprint density at radius 2 is 2.07 bits per heavy atom. The van der Waals surface area contributed by atoms with Gasteiger partial charge in [0, 0.05) is 25.2 Å². The number of carbonyl (C=O) groups is 1.